The Kier molecular flexibility index (Phi) is 3.95. The lowest BCUT2D eigenvalue weighted by atomic mass is 9.70. The summed E-state index contributed by atoms with van der Waals surface area (Å²) < 4.78 is 0. The van der Waals surface area contributed by atoms with Crippen LogP contribution in [0.25, 0.3) is 66.4 Å². The quantitative estimate of drug-likeness (QED) is 0.174. The first-order valence-corrected chi connectivity index (χ1v) is 15.8. The third-order valence-corrected chi connectivity index (χ3v) is 11.4. The van der Waals surface area contributed by atoms with Crippen molar-refractivity contribution in [2.45, 2.75) is 24.7 Å². The van der Waals surface area contributed by atoms with E-state index in [2.05, 4.69) is 147 Å². The normalized spacial score (nSPS) is 15.9. The van der Waals surface area contributed by atoms with Crippen molar-refractivity contribution in [3.63, 3.8) is 0 Å². The van der Waals surface area contributed by atoms with Crippen LogP contribution in [0.2, 0.25) is 0 Å². The minimum absolute atomic E-state index is 0.0354. The van der Waals surface area contributed by atoms with Crippen LogP contribution in [0.3, 0.4) is 0 Å². The Morgan fingerprint density at radius 2 is 0.841 bits per heavy atom. The Labute approximate surface area is 257 Å². The summed E-state index contributed by atoms with van der Waals surface area (Å²) in [5, 5.41) is 2.78. The van der Waals surface area contributed by atoms with Crippen LogP contribution < -0.4 is 0 Å². The smallest absolute Gasteiger partial charge is 0.0619 e. The number of fused-ring (bicyclic) bond motifs is 17. The molecule has 1 spiro atoms. The summed E-state index contributed by atoms with van der Waals surface area (Å²) in [5.41, 5.74) is 21.9. The molecule has 4 aliphatic carbocycles. The second kappa shape index (κ2) is 7.47. The molecule has 7 aromatic rings. The van der Waals surface area contributed by atoms with E-state index in [1.807, 2.05) is 0 Å². The Morgan fingerprint density at radius 3 is 1.52 bits per heavy atom. The zero-order valence-corrected chi connectivity index (χ0v) is 24.7. The molecule has 0 nitrogen and oxygen atoms in total. The summed E-state index contributed by atoms with van der Waals surface area (Å²) in [6.07, 6.45) is 0. The zero-order valence-electron chi connectivity index (χ0n) is 24.7. The first-order chi connectivity index (χ1) is 21.6. The summed E-state index contributed by atoms with van der Waals surface area (Å²) in [6.45, 7) is 4.78. The molecule has 0 saturated heterocycles. The van der Waals surface area contributed by atoms with Gasteiger partial charge in [-0.3, -0.25) is 0 Å². The SMILES string of the molecule is CC1(C)c2ccccc2-c2cc3c(cc21)-c1cc2c(c4cccc-3c14)-c1ccccc1C21c2ccccc2-c2ccccc21. The van der Waals surface area contributed by atoms with Crippen LogP contribution in [-0.4, -0.2) is 0 Å². The minimum atomic E-state index is -0.338. The molecule has 44 heavy (non-hydrogen) atoms. The molecule has 0 radical (unpaired) electrons. The minimum Gasteiger partial charge on any atom is -0.0619 e. The number of benzene rings is 7. The average molecular weight is 557 g/mol. The fraction of sp³-hybridized carbons (Fsp3) is 0.0909. The standard InChI is InChI=1S/C44H28/c1-43(2)35-18-7-3-14-27(35)33-22-31-28-16-11-17-30-41(28)34(32(31)23-39(33)43)24-40-42(30)29-15-6-10-21-38(29)44(40)36-19-8-4-12-25(36)26-13-5-9-20-37(26)44/h3-24H,1-2H3. The summed E-state index contributed by atoms with van der Waals surface area (Å²) in [4.78, 5) is 0. The van der Waals surface area contributed by atoms with E-state index in [0.29, 0.717) is 0 Å². The Balaban J connectivity index is 1.30. The largest absolute Gasteiger partial charge is 0.0725 e. The number of rotatable bonds is 0. The first kappa shape index (κ1) is 23.3. The third kappa shape index (κ3) is 2.38. The molecule has 0 N–H and O–H groups in total. The van der Waals surface area contributed by atoms with E-state index < -0.39 is 0 Å². The Morgan fingerprint density at radius 1 is 0.341 bits per heavy atom. The van der Waals surface area contributed by atoms with E-state index in [-0.39, 0.29) is 10.8 Å². The van der Waals surface area contributed by atoms with Crippen LogP contribution in [0, 0.1) is 0 Å². The van der Waals surface area contributed by atoms with Gasteiger partial charge in [-0.25, -0.2) is 0 Å². The highest BCUT2D eigenvalue weighted by atomic mass is 14.5. The second-order valence-electron chi connectivity index (χ2n) is 13.6. The van der Waals surface area contributed by atoms with Gasteiger partial charge < -0.3 is 0 Å². The molecule has 0 fully saturated rings. The Bertz CT molecular complexity index is 2420. The van der Waals surface area contributed by atoms with Crippen molar-refractivity contribution in [1.29, 1.82) is 0 Å². The first-order valence-electron chi connectivity index (χ1n) is 15.8. The molecule has 0 atom stereocenters. The van der Waals surface area contributed by atoms with Gasteiger partial charge in [-0.05, 0) is 118 Å². The molecule has 0 bridgehead atoms. The average Bonchev–Trinajstić information content (AvgIpc) is 3.73. The van der Waals surface area contributed by atoms with Crippen LogP contribution in [0.5, 0.6) is 0 Å². The molecule has 0 amide bonds. The van der Waals surface area contributed by atoms with E-state index in [1.165, 1.54) is 99.8 Å². The fourth-order valence-corrected chi connectivity index (χ4v) is 9.69. The molecule has 11 rings (SSSR count). The van der Waals surface area contributed by atoms with E-state index in [4.69, 9.17) is 0 Å². The van der Waals surface area contributed by atoms with Gasteiger partial charge in [0, 0.05) is 5.41 Å². The van der Waals surface area contributed by atoms with Crippen molar-refractivity contribution in [2.75, 3.05) is 0 Å². The maximum absolute atomic E-state index is 2.59. The second-order valence-corrected chi connectivity index (χ2v) is 13.6. The fourth-order valence-electron chi connectivity index (χ4n) is 9.69. The molecular weight excluding hydrogens is 528 g/mol. The maximum atomic E-state index is 2.59. The predicted molar refractivity (Wildman–Crippen MR) is 182 cm³/mol. The molecule has 204 valence electrons. The van der Waals surface area contributed by atoms with Crippen LogP contribution in [0.1, 0.15) is 47.2 Å². The highest BCUT2D eigenvalue weighted by Crippen LogP contribution is 2.66. The van der Waals surface area contributed by atoms with Crippen LogP contribution in [-0.2, 0) is 10.8 Å². The summed E-state index contributed by atoms with van der Waals surface area (Å²) in [7, 11) is 0. The van der Waals surface area contributed by atoms with Gasteiger partial charge in [-0.2, -0.15) is 0 Å². The molecular formula is C44H28. The molecule has 7 aromatic carbocycles. The molecule has 0 unspecified atom stereocenters. The number of hydrogen-bond acceptors (Lipinski definition) is 0. The lowest BCUT2D eigenvalue weighted by Crippen LogP contribution is -2.25. The summed E-state index contributed by atoms with van der Waals surface area (Å²) in [6, 6.07) is 51.1. The molecule has 4 aliphatic rings. The molecule has 0 saturated carbocycles. The van der Waals surface area contributed by atoms with Gasteiger partial charge in [0.1, 0.15) is 0 Å². The van der Waals surface area contributed by atoms with Crippen molar-refractivity contribution in [3.05, 3.63) is 167 Å². The van der Waals surface area contributed by atoms with Gasteiger partial charge in [0.2, 0.25) is 0 Å². The van der Waals surface area contributed by atoms with Crippen molar-refractivity contribution < 1.29 is 0 Å². The lowest BCUT2D eigenvalue weighted by molar-refractivity contribution is 0.660. The van der Waals surface area contributed by atoms with E-state index in [1.54, 1.807) is 0 Å². The van der Waals surface area contributed by atoms with Crippen molar-refractivity contribution in [3.8, 4) is 55.6 Å². The molecule has 0 aliphatic heterocycles. The Hall–Kier alpha value is -5.20. The van der Waals surface area contributed by atoms with Crippen LogP contribution >= 0.6 is 0 Å². The van der Waals surface area contributed by atoms with Gasteiger partial charge in [0.25, 0.3) is 0 Å². The molecule has 0 aromatic heterocycles. The monoisotopic (exact) mass is 556 g/mol. The van der Waals surface area contributed by atoms with Crippen molar-refractivity contribution >= 4 is 10.8 Å². The maximum Gasteiger partial charge on any atom is 0.0725 e. The van der Waals surface area contributed by atoms with Gasteiger partial charge in [0.05, 0.1) is 5.41 Å². The highest BCUT2D eigenvalue weighted by molar-refractivity contribution is 6.21. The summed E-state index contributed by atoms with van der Waals surface area (Å²) >= 11 is 0. The predicted octanol–water partition coefficient (Wildman–Crippen LogP) is 11.1. The van der Waals surface area contributed by atoms with Gasteiger partial charge >= 0.3 is 0 Å². The lowest BCUT2D eigenvalue weighted by Gasteiger charge is -2.31. The zero-order chi connectivity index (χ0) is 28.9. The van der Waals surface area contributed by atoms with Crippen LogP contribution in [0.4, 0.5) is 0 Å². The van der Waals surface area contributed by atoms with E-state index in [0.717, 1.165) is 0 Å². The highest BCUT2D eigenvalue weighted by Gasteiger charge is 2.52. The van der Waals surface area contributed by atoms with Gasteiger partial charge in [-0.15, -0.1) is 0 Å². The van der Waals surface area contributed by atoms with Crippen molar-refractivity contribution in [1.82, 2.24) is 0 Å². The van der Waals surface area contributed by atoms with E-state index >= 15 is 0 Å². The van der Waals surface area contributed by atoms with Crippen molar-refractivity contribution in [2.24, 2.45) is 0 Å². The topological polar surface area (TPSA) is 0 Å². The summed E-state index contributed by atoms with van der Waals surface area (Å²) in [5.74, 6) is 0. The van der Waals surface area contributed by atoms with Gasteiger partial charge in [-0.1, -0.05) is 129 Å². The molecule has 0 heteroatoms. The van der Waals surface area contributed by atoms with Crippen LogP contribution in [0.15, 0.2) is 133 Å². The van der Waals surface area contributed by atoms with E-state index in [9.17, 15) is 0 Å². The third-order valence-electron chi connectivity index (χ3n) is 11.4. The number of hydrogen-bond donors (Lipinski definition) is 0. The van der Waals surface area contributed by atoms with Gasteiger partial charge in [0.15, 0.2) is 0 Å². The molecule has 0 heterocycles.